The zero-order chi connectivity index (χ0) is 10.8. The smallest absolute Gasteiger partial charge is 0.0932 e. The van der Waals surface area contributed by atoms with E-state index in [-0.39, 0.29) is 0 Å². The molecule has 0 amide bonds. The third-order valence-electron chi connectivity index (χ3n) is 1.94. The lowest BCUT2D eigenvalue weighted by atomic mass is 10.2. The van der Waals surface area contributed by atoms with Crippen LogP contribution in [0.4, 0.5) is 0 Å². The summed E-state index contributed by atoms with van der Waals surface area (Å²) in [7, 11) is 0. The van der Waals surface area contributed by atoms with E-state index in [1.54, 1.807) is 11.3 Å². The molecule has 0 aliphatic heterocycles. The van der Waals surface area contributed by atoms with E-state index in [0.29, 0.717) is 6.42 Å². The lowest BCUT2D eigenvalue weighted by Crippen LogP contribution is -1.97. The minimum atomic E-state index is -0.451. The van der Waals surface area contributed by atoms with E-state index in [9.17, 15) is 5.11 Å². The average molecular weight is 324 g/mol. The molecule has 0 aliphatic rings. The largest absolute Gasteiger partial charge is 0.387 e. The van der Waals surface area contributed by atoms with E-state index in [0.717, 1.165) is 13.7 Å². The van der Waals surface area contributed by atoms with Gasteiger partial charge in [-0.1, -0.05) is 11.6 Å². The quantitative estimate of drug-likeness (QED) is 0.881. The van der Waals surface area contributed by atoms with E-state index < -0.39 is 6.10 Å². The van der Waals surface area contributed by atoms with E-state index >= 15 is 0 Å². The molecule has 80 valence electrons. The summed E-state index contributed by atoms with van der Waals surface area (Å²) < 4.78 is 1.79. The number of hydrogen-bond donors (Lipinski definition) is 1. The lowest BCUT2D eigenvalue weighted by Gasteiger charge is -2.05. The highest BCUT2D eigenvalue weighted by molar-refractivity contribution is 9.10. The van der Waals surface area contributed by atoms with Crippen molar-refractivity contribution in [2.45, 2.75) is 12.5 Å². The molecule has 1 atom stereocenters. The van der Waals surface area contributed by atoms with Gasteiger partial charge in [0.15, 0.2) is 0 Å². The van der Waals surface area contributed by atoms with Crippen molar-refractivity contribution in [3.05, 3.63) is 42.1 Å². The Balaban J connectivity index is 2.06. The molecule has 0 fully saturated rings. The molecule has 2 aromatic heterocycles. The zero-order valence-electron chi connectivity index (χ0n) is 7.61. The predicted molar refractivity (Wildman–Crippen MR) is 70.0 cm³/mol. The summed E-state index contributed by atoms with van der Waals surface area (Å²) >= 11 is 12.3. The Morgan fingerprint density at radius 2 is 2.27 bits per heavy atom. The fourth-order valence-corrected chi connectivity index (χ4v) is 3.80. The molecule has 5 heteroatoms. The molecule has 15 heavy (non-hydrogen) atoms. The van der Waals surface area contributed by atoms with Gasteiger partial charge in [0, 0.05) is 26.0 Å². The van der Waals surface area contributed by atoms with Crippen molar-refractivity contribution in [3.63, 3.8) is 0 Å². The summed E-state index contributed by atoms with van der Waals surface area (Å²) in [6, 6.07) is 5.72. The summed E-state index contributed by atoms with van der Waals surface area (Å²) in [5.74, 6) is 0. The molecular weight excluding hydrogens is 316 g/mol. The first-order valence-corrected chi connectivity index (χ1v) is 7.18. The first-order valence-electron chi connectivity index (χ1n) is 4.31. The highest BCUT2D eigenvalue weighted by Gasteiger charge is 2.12. The standard InChI is InChI=1S/C10H8BrClOS2/c11-6-3-7(14-5-6)4-8(13)9-1-2-10(12)15-9/h1-3,5,8,13H,4H2. The minimum Gasteiger partial charge on any atom is -0.387 e. The highest BCUT2D eigenvalue weighted by atomic mass is 79.9. The van der Waals surface area contributed by atoms with Crippen LogP contribution in [-0.4, -0.2) is 5.11 Å². The van der Waals surface area contributed by atoms with Gasteiger partial charge < -0.3 is 5.11 Å². The van der Waals surface area contributed by atoms with Crippen LogP contribution in [0.5, 0.6) is 0 Å². The maximum absolute atomic E-state index is 9.94. The first kappa shape index (κ1) is 11.6. The van der Waals surface area contributed by atoms with Gasteiger partial charge in [-0.15, -0.1) is 22.7 Å². The van der Waals surface area contributed by atoms with Gasteiger partial charge >= 0.3 is 0 Å². The summed E-state index contributed by atoms with van der Waals surface area (Å²) in [6.45, 7) is 0. The fraction of sp³-hybridized carbons (Fsp3) is 0.200. The second-order valence-corrected chi connectivity index (χ2v) is 6.75. The van der Waals surface area contributed by atoms with Crippen LogP contribution in [-0.2, 0) is 6.42 Å². The van der Waals surface area contributed by atoms with Gasteiger partial charge in [-0.3, -0.25) is 0 Å². The molecule has 1 unspecified atom stereocenters. The molecular formula is C10H8BrClOS2. The Bertz CT molecular complexity index is 452. The van der Waals surface area contributed by atoms with Crippen LogP contribution >= 0.6 is 50.2 Å². The van der Waals surface area contributed by atoms with Gasteiger partial charge in [0.05, 0.1) is 10.4 Å². The summed E-state index contributed by atoms with van der Waals surface area (Å²) in [5.41, 5.74) is 0. The molecule has 0 aliphatic carbocycles. The molecule has 2 rings (SSSR count). The third kappa shape index (κ3) is 3.04. The minimum absolute atomic E-state index is 0.451. The summed E-state index contributed by atoms with van der Waals surface area (Å²) in [6.07, 6.45) is 0.195. The molecule has 0 aromatic carbocycles. The molecule has 1 N–H and O–H groups in total. The Labute approximate surface area is 109 Å². The van der Waals surface area contributed by atoms with Crippen LogP contribution in [0, 0.1) is 0 Å². The number of aliphatic hydroxyl groups is 1. The fourth-order valence-electron chi connectivity index (χ4n) is 1.26. The van der Waals surface area contributed by atoms with E-state index in [2.05, 4.69) is 15.9 Å². The number of aliphatic hydroxyl groups excluding tert-OH is 1. The number of halogens is 2. The molecule has 0 saturated heterocycles. The van der Waals surface area contributed by atoms with Crippen molar-refractivity contribution in [3.8, 4) is 0 Å². The molecule has 0 saturated carbocycles. The van der Waals surface area contributed by atoms with Gasteiger partial charge in [-0.05, 0) is 34.1 Å². The van der Waals surface area contributed by atoms with Gasteiger partial charge in [0.1, 0.15) is 0 Å². The van der Waals surface area contributed by atoms with Crippen molar-refractivity contribution in [2.75, 3.05) is 0 Å². The van der Waals surface area contributed by atoms with Crippen LogP contribution < -0.4 is 0 Å². The molecule has 2 aromatic rings. The highest BCUT2D eigenvalue weighted by Crippen LogP contribution is 2.30. The molecule has 1 nitrogen and oxygen atoms in total. The third-order valence-corrected chi connectivity index (χ3v) is 4.99. The number of hydrogen-bond acceptors (Lipinski definition) is 3. The topological polar surface area (TPSA) is 20.2 Å². The second kappa shape index (κ2) is 4.97. The van der Waals surface area contributed by atoms with Gasteiger partial charge in [-0.2, -0.15) is 0 Å². The SMILES string of the molecule is OC(Cc1cc(Br)cs1)c1ccc(Cl)s1. The molecule has 0 spiro atoms. The van der Waals surface area contributed by atoms with Crippen molar-refractivity contribution in [1.82, 2.24) is 0 Å². The van der Waals surface area contributed by atoms with E-state index in [1.165, 1.54) is 16.2 Å². The van der Waals surface area contributed by atoms with Crippen molar-refractivity contribution in [2.24, 2.45) is 0 Å². The van der Waals surface area contributed by atoms with Crippen LogP contribution in [0.2, 0.25) is 4.34 Å². The first-order chi connectivity index (χ1) is 7.15. The molecule has 0 radical (unpaired) electrons. The van der Waals surface area contributed by atoms with Crippen LogP contribution in [0.3, 0.4) is 0 Å². The average Bonchev–Trinajstić information content (AvgIpc) is 2.75. The van der Waals surface area contributed by atoms with E-state index in [1.807, 2.05) is 23.6 Å². The van der Waals surface area contributed by atoms with Gasteiger partial charge in [0.25, 0.3) is 0 Å². The summed E-state index contributed by atoms with van der Waals surface area (Å²) in [4.78, 5) is 2.09. The van der Waals surface area contributed by atoms with Gasteiger partial charge in [-0.25, -0.2) is 0 Å². The van der Waals surface area contributed by atoms with Crippen LogP contribution in [0.15, 0.2) is 28.1 Å². The zero-order valence-corrected chi connectivity index (χ0v) is 11.6. The molecule has 0 bridgehead atoms. The monoisotopic (exact) mass is 322 g/mol. The van der Waals surface area contributed by atoms with Crippen LogP contribution in [0.1, 0.15) is 15.9 Å². The normalized spacial score (nSPS) is 13.0. The Morgan fingerprint density at radius 3 is 2.80 bits per heavy atom. The number of rotatable bonds is 3. The van der Waals surface area contributed by atoms with Crippen LogP contribution in [0.25, 0.3) is 0 Å². The number of thiophene rings is 2. The maximum atomic E-state index is 9.94. The van der Waals surface area contributed by atoms with Crippen molar-refractivity contribution in [1.29, 1.82) is 0 Å². The van der Waals surface area contributed by atoms with Crippen molar-refractivity contribution < 1.29 is 5.11 Å². The summed E-state index contributed by atoms with van der Waals surface area (Å²) in [5, 5.41) is 12.0. The second-order valence-electron chi connectivity index (χ2n) is 3.09. The molecule has 2 heterocycles. The Kier molecular flexibility index (Phi) is 3.85. The predicted octanol–water partition coefficient (Wildman–Crippen LogP) is 4.50. The maximum Gasteiger partial charge on any atom is 0.0932 e. The Hall–Kier alpha value is 0.130. The Morgan fingerprint density at radius 1 is 1.47 bits per heavy atom. The van der Waals surface area contributed by atoms with E-state index in [4.69, 9.17) is 11.6 Å². The van der Waals surface area contributed by atoms with Crippen molar-refractivity contribution >= 4 is 50.2 Å². The lowest BCUT2D eigenvalue weighted by molar-refractivity contribution is 0.183. The van der Waals surface area contributed by atoms with Gasteiger partial charge in [0.2, 0.25) is 0 Å².